The quantitative estimate of drug-likeness (QED) is 0.511. The number of rotatable bonds is 0. The lowest BCUT2D eigenvalue weighted by Gasteiger charge is -1.94. The van der Waals surface area contributed by atoms with Crippen LogP contribution < -0.4 is 5.73 Å². The summed E-state index contributed by atoms with van der Waals surface area (Å²) in [6.45, 7) is 0. The standard InChI is InChI=1S/C12H9N3/c13-11-5-2-1-4-10(11)6-7-12-14-8-3-9-15-12/h1-5,8-9H,13H2. The van der Waals surface area contributed by atoms with Gasteiger partial charge in [-0.1, -0.05) is 18.1 Å². The molecule has 2 aromatic rings. The summed E-state index contributed by atoms with van der Waals surface area (Å²) >= 11 is 0. The van der Waals surface area contributed by atoms with E-state index in [4.69, 9.17) is 5.73 Å². The van der Waals surface area contributed by atoms with Gasteiger partial charge in [-0.05, 0) is 24.1 Å². The zero-order valence-corrected chi connectivity index (χ0v) is 8.01. The van der Waals surface area contributed by atoms with E-state index in [1.165, 1.54) is 0 Å². The van der Waals surface area contributed by atoms with Gasteiger partial charge in [0.2, 0.25) is 5.82 Å². The van der Waals surface area contributed by atoms with Crippen LogP contribution in [0.1, 0.15) is 11.4 Å². The van der Waals surface area contributed by atoms with E-state index in [9.17, 15) is 0 Å². The molecule has 1 aromatic carbocycles. The zero-order chi connectivity index (χ0) is 10.5. The number of anilines is 1. The monoisotopic (exact) mass is 195 g/mol. The maximum atomic E-state index is 5.74. The second kappa shape index (κ2) is 4.25. The molecule has 0 radical (unpaired) electrons. The van der Waals surface area contributed by atoms with Gasteiger partial charge in [-0.15, -0.1) is 0 Å². The molecular weight excluding hydrogens is 186 g/mol. The molecule has 0 spiro atoms. The van der Waals surface area contributed by atoms with Gasteiger partial charge >= 0.3 is 0 Å². The van der Waals surface area contributed by atoms with Gasteiger partial charge in [-0.2, -0.15) is 0 Å². The lowest BCUT2D eigenvalue weighted by Crippen LogP contribution is -1.89. The molecular formula is C12H9N3. The highest BCUT2D eigenvalue weighted by Gasteiger charge is 1.91. The van der Waals surface area contributed by atoms with Crippen molar-refractivity contribution in [3.05, 3.63) is 54.1 Å². The van der Waals surface area contributed by atoms with E-state index < -0.39 is 0 Å². The van der Waals surface area contributed by atoms with Crippen LogP contribution in [0.15, 0.2) is 42.7 Å². The van der Waals surface area contributed by atoms with Crippen molar-refractivity contribution in [1.82, 2.24) is 9.97 Å². The van der Waals surface area contributed by atoms with E-state index in [0.717, 1.165) is 5.56 Å². The third-order valence-electron chi connectivity index (χ3n) is 1.84. The first-order valence-electron chi connectivity index (χ1n) is 4.50. The normalized spacial score (nSPS) is 9.07. The van der Waals surface area contributed by atoms with Crippen LogP contribution in [0.3, 0.4) is 0 Å². The van der Waals surface area contributed by atoms with Crippen LogP contribution in [0, 0.1) is 11.8 Å². The summed E-state index contributed by atoms with van der Waals surface area (Å²) in [7, 11) is 0. The Labute approximate surface area is 88.0 Å². The molecule has 2 rings (SSSR count). The smallest absolute Gasteiger partial charge is 0.205 e. The van der Waals surface area contributed by atoms with Crippen molar-refractivity contribution in [3.8, 4) is 11.8 Å². The van der Waals surface area contributed by atoms with Crippen molar-refractivity contribution >= 4 is 5.69 Å². The van der Waals surface area contributed by atoms with Gasteiger partial charge in [0.25, 0.3) is 0 Å². The largest absolute Gasteiger partial charge is 0.398 e. The third-order valence-corrected chi connectivity index (χ3v) is 1.84. The number of nitrogens with zero attached hydrogens (tertiary/aromatic N) is 2. The summed E-state index contributed by atoms with van der Waals surface area (Å²) in [5, 5.41) is 0. The maximum Gasteiger partial charge on any atom is 0.205 e. The predicted octanol–water partition coefficient (Wildman–Crippen LogP) is 1.46. The first-order chi connectivity index (χ1) is 7.36. The summed E-state index contributed by atoms with van der Waals surface area (Å²) in [6.07, 6.45) is 3.32. The van der Waals surface area contributed by atoms with Crippen LogP contribution in [-0.2, 0) is 0 Å². The highest BCUT2D eigenvalue weighted by Crippen LogP contribution is 2.07. The van der Waals surface area contributed by atoms with Crippen LogP contribution in [0.4, 0.5) is 5.69 Å². The van der Waals surface area contributed by atoms with Crippen molar-refractivity contribution in [2.24, 2.45) is 0 Å². The minimum atomic E-state index is 0.501. The van der Waals surface area contributed by atoms with Crippen molar-refractivity contribution in [2.45, 2.75) is 0 Å². The SMILES string of the molecule is Nc1ccccc1C#Cc1ncccn1. The molecule has 0 saturated carbocycles. The molecule has 0 unspecified atom stereocenters. The second-order valence-electron chi connectivity index (χ2n) is 2.91. The van der Waals surface area contributed by atoms with Crippen molar-refractivity contribution in [1.29, 1.82) is 0 Å². The lowest BCUT2D eigenvalue weighted by molar-refractivity contribution is 1.13. The molecule has 0 atom stereocenters. The van der Waals surface area contributed by atoms with E-state index >= 15 is 0 Å². The number of hydrogen-bond donors (Lipinski definition) is 1. The molecule has 1 heterocycles. The minimum Gasteiger partial charge on any atom is -0.398 e. The number of aromatic nitrogens is 2. The van der Waals surface area contributed by atoms with Crippen LogP contribution in [0.5, 0.6) is 0 Å². The summed E-state index contributed by atoms with van der Waals surface area (Å²) in [4.78, 5) is 8.00. The van der Waals surface area contributed by atoms with Crippen molar-refractivity contribution in [2.75, 3.05) is 5.73 Å². The fourth-order valence-electron chi connectivity index (χ4n) is 1.10. The second-order valence-corrected chi connectivity index (χ2v) is 2.91. The highest BCUT2D eigenvalue weighted by atomic mass is 14.8. The van der Waals surface area contributed by atoms with Crippen LogP contribution >= 0.6 is 0 Å². The molecule has 2 N–H and O–H groups in total. The van der Waals surface area contributed by atoms with E-state index in [1.54, 1.807) is 18.5 Å². The van der Waals surface area contributed by atoms with E-state index in [2.05, 4.69) is 21.8 Å². The molecule has 72 valence electrons. The highest BCUT2D eigenvalue weighted by molar-refractivity contribution is 5.56. The van der Waals surface area contributed by atoms with E-state index in [0.29, 0.717) is 11.5 Å². The molecule has 0 aliphatic carbocycles. The van der Waals surface area contributed by atoms with Crippen LogP contribution in [0.2, 0.25) is 0 Å². The van der Waals surface area contributed by atoms with E-state index in [1.807, 2.05) is 24.3 Å². The molecule has 0 amide bonds. The van der Waals surface area contributed by atoms with Gasteiger partial charge in [-0.25, -0.2) is 9.97 Å². The van der Waals surface area contributed by atoms with Gasteiger partial charge < -0.3 is 5.73 Å². The molecule has 1 aromatic heterocycles. The first-order valence-corrected chi connectivity index (χ1v) is 4.50. The summed E-state index contributed by atoms with van der Waals surface area (Å²) in [6, 6.07) is 9.20. The molecule has 15 heavy (non-hydrogen) atoms. The zero-order valence-electron chi connectivity index (χ0n) is 8.01. The average Bonchev–Trinajstić information content (AvgIpc) is 2.29. The Bertz CT molecular complexity index is 509. The van der Waals surface area contributed by atoms with Gasteiger partial charge in [0.05, 0.1) is 0 Å². The minimum absolute atomic E-state index is 0.501. The van der Waals surface area contributed by atoms with Crippen LogP contribution in [-0.4, -0.2) is 9.97 Å². The number of hydrogen-bond acceptors (Lipinski definition) is 3. The Morgan fingerprint density at radius 1 is 0.933 bits per heavy atom. The van der Waals surface area contributed by atoms with E-state index in [-0.39, 0.29) is 0 Å². The molecule has 0 bridgehead atoms. The Kier molecular flexibility index (Phi) is 2.61. The van der Waals surface area contributed by atoms with Gasteiger partial charge in [0, 0.05) is 23.6 Å². The van der Waals surface area contributed by atoms with Crippen LogP contribution in [0.25, 0.3) is 0 Å². The van der Waals surface area contributed by atoms with Gasteiger partial charge in [0.15, 0.2) is 0 Å². The van der Waals surface area contributed by atoms with Gasteiger partial charge in [0.1, 0.15) is 0 Å². The predicted molar refractivity (Wildman–Crippen MR) is 58.9 cm³/mol. The number of benzene rings is 1. The van der Waals surface area contributed by atoms with Gasteiger partial charge in [-0.3, -0.25) is 0 Å². The molecule has 0 fully saturated rings. The Balaban J connectivity index is 2.31. The molecule has 0 saturated heterocycles. The fourth-order valence-corrected chi connectivity index (χ4v) is 1.10. The fraction of sp³-hybridized carbons (Fsp3) is 0. The molecule has 0 aliphatic heterocycles. The van der Waals surface area contributed by atoms with Crippen molar-refractivity contribution in [3.63, 3.8) is 0 Å². The topological polar surface area (TPSA) is 51.8 Å². The average molecular weight is 195 g/mol. The van der Waals surface area contributed by atoms with Crippen molar-refractivity contribution < 1.29 is 0 Å². The summed E-state index contributed by atoms with van der Waals surface area (Å²) in [5.41, 5.74) is 7.21. The summed E-state index contributed by atoms with van der Waals surface area (Å²) < 4.78 is 0. The molecule has 3 nitrogen and oxygen atoms in total. The Morgan fingerprint density at radius 2 is 1.67 bits per heavy atom. The summed E-state index contributed by atoms with van der Waals surface area (Å²) in [5.74, 6) is 6.28. The Hall–Kier alpha value is -2.34. The molecule has 3 heteroatoms. The number of nitrogen functional groups attached to an aromatic ring is 1. The number of para-hydroxylation sites is 1. The molecule has 0 aliphatic rings. The lowest BCUT2D eigenvalue weighted by atomic mass is 10.2. The first kappa shape index (κ1) is 9.22. The third kappa shape index (κ3) is 2.32. The maximum absolute atomic E-state index is 5.74. The number of nitrogens with two attached hydrogens (primary N) is 1. The Morgan fingerprint density at radius 3 is 2.40 bits per heavy atom.